The summed E-state index contributed by atoms with van der Waals surface area (Å²) in [5.74, 6) is -0.135. The number of carbonyl (C=O) groups is 1. The normalized spacial score (nSPS) is 19.2. The second kappa shape index (κ2) is 8.77. The van der Waals surface area contributed by atoms with Gasteiger partial charge in [0.15, 0.2) is 5.13 Å². The zero-order valence-electron chi connectivity index (χ0n) is 15.3. The van der Waals surface area contributed by atoms with Crippen molar-refractivity contribution in [2.24, 2.45) is 0 Å². The third-order valence-corrected chi connectivity index (χ3v) is 6.10. The lowest BCUT2D eigenvalue weighted by Crippen LogP contribution is -2.49. The maximum absolute atomic E-state index is 12.3. The number of carbonyl (C=O) groups excluding carboxylic acids is 1. The summed E-state index contributed by atoms with van der Waals surface area (Å²) in [6, 6.07) is 4.45. The van der Waals surface area contributed by atoms with Gasteiger partial charge in [-0.1, -0.05) is 6.07 Å². The predicted octanol–water partition coefficient (Wildman–Crippen LogP) is 1.77. The van der Waals surface area contributed by atoms with Gasteiger partial charge in [-0.25, -0.2) is 4.98 Å². The van der Waals surface area contributed by atoms with Crippen LogP contribution in [0.3, 0.4) is 0 Å². The Kier molecular flexibility index (Phi) is 5.96. The molecule has 0 spiro atoms. The third kappa shape index (κ3) is 4.63. The lowest BCUT2D eigenvalue weighted by molar-refractivity contribution is 0.0115. The third-order valence-electron chi connectivity index (χ3n) is 5.20. The molecule has 2 fully saturated rings. The van der Waals surface area contributed by atoms with E-state index in [0.717, 1.165) is 62.9 Å². The fraction of sp³-hybridized carbons (Fsp3) is 0.526. The summed E-state index contributed by atoms with van der Waals surface area (Å²) in [6.07, 6.45) is 5.76. The molecular weight excluding hydrogens is 362 g/mol. The molecule has 8 heteroatoms. The van der Waals surface area contributed by atoms with Crippen LogP contribution in [0.1, 0.15) is 28.9 Å². The molecule has 1 N–H and O–H groups in total. The zero-order chi connectivity index (χ0) is 18.5. The van der Waals surface area contributed by atoms with E-state index in [2.05, 4.69) is 25.1 Å². The molecule has 2 aliphatic heterocycles. The molecular formula is C19H25N5O2S. The van der Waals surface area contributed by atoms with E-state index in [1.54, 1.807) is 23.7 Å². The van der Waals surface area contributed by atoms with Gasteiger partial charge < -0.3 is 15.0 Å². The van der Waals surface area contributed by atoms with Gasteiger partial charge >= 0.3 is 0 Å². The Balaban J connectivity index is 1.28. The molecule has 2 aromatic heterocycles. The smallest absolute Gasteiger partial charge is 0.271 e. The molecule has 4 rings (SSSR count). The van der Waals surface area contributed by atoms with Crippen LogP contribution in [-0.4, -0.2) is 66.2 Å². The standard InChI is InChI=1S/C19H25N5O2S/c25-18(21-13-15-2-1-5-20-12-15)17-14-27-19(22-17)24-6-3-16(4-7-24)23-8-10-26-11-9-23/h1-2,5,12,14,16H,3-4,6-11,13H2,(H,21,25). The summed E-state index contributed by atoms with van der Waals surface area (Å²) in [6.45, 7) is 6.24. The van der Waals surface area contributed by atoms with Gasteiger partial charge in [0.2, 0.25) is 0 Å². The number of amides is 1. The molecule has 2 saturated heterocycles. The monoisotopic (exact) mass is 387 g/mol. The molecule has 27 heavy (non-hydrogen) atoms. The van der Waals surface area contributed by atoms with E-state index in [4.69, 9.17) is 4.74 Å². The van der Waals surface area contributed by atoms with Gasteiger partial charge in [0.1, 0.15) is 5.69 Å². The first-order valence-corrected chi connectivity index (χ1v) is 10.4. The number of pyridine rings is 1. The van der Waals surface area contributed by atoms with Gasteiger partial charge in [0.05, 0.1) is 13.2 Å². The zero-order valence-corrected chi connectivity index (χ0v) is 16.2. The fourth-order valence-corrected chi connectivity index (χ4v) is 4.51. The molecule has 0 radical (unpaired) electrons. The Bertz CT molecular complexity index is 740. The van der Waals surface area contributed by atoms with Gasteiger partial charge in [-0.05, 0) is 24.5 Å². The highest BCUT2D eigenvalue weighted by atomic mass is 32.1. The number of nitrogens with zero attached hydrogens (tertiary/aromatic N) is 4. The van der Waals surface area contributed by atoms with Crippen LogP contribution in [0.2, 0.25) is 0 Å². The van der Waals surface area contributed by atoms with Gasteiger partial charge in [0.25, 0.3) is 5.91 Å². The summed E-state index contributed by atoms with van der Waals surface area (Å²) < 4.78 is 5.45. The molecule has 0 aromatic carbocycles. The summed E-state index contributed by atoms with van der Waals surface area (Å²) in [4.78, 5) is 25.8. The second-order valence-corrected chi connectivity index (χ2v) is 7.76. The first-order chi connectivity index (χ1) is 13.3. The predicted molar refractivity (Wildman–Crippen MR) is 105 cm³/mol. The first-order valence-electron chi connectivity index (χ1n) is 9.49. The molecule has 1 amide bonds. The number of hydrogen-bond acceptors (Lipinski definition) is 7. The van der Waals surface area contributed by atoms with Gasteiger partial charge in [-0.2, -0.15) is 0 Å². The molecule has 0 bridgehead atoms. The Hall–Kier alpha value is -2.03. The molecule has 4 heterocycles. The van der Waals surface area contributed by atoms with Crippen LogP contribution in [0.5, 0.6) is 0 Å². The minimum absolute atomic E-state index is 0.135. The maximum Gasteiger partial charge on any atom is 0.271 e. The molecule has 0 atom stereocenters. The first kappa shape index (κ1) is 18.3. The quantitative estimate of drug-likeness (QED) is 0.843. The van der Waals surface area contributed by atoms with Crippen LogP contribution >= 0.6 is 11.3 Å². The minimum Gasteiger partial charge on any atom is -0.379 e. The number of nitrogens with one attached hydrogen (secondary N) is 1. The Morgan fingerprint density at radius 3 is 2.81 bits per heavy atom. The SMILES string of the molecule is O=C(NCc1cccnc1)c1csc(N2CCC(N3CCOCC3)CC2)n1. The van der Waals surface area contributed by atoms with Crippen LogP contribution in [0, 0.1) is 0 Å². The van der Waals surface area contributed by atoms with E-state index >= 15 is 0 Å². The second-order valence-electron chi connectivity index (χ2n) is 6.93. The molecule has 2 aromatic rings. The van der Waals surface area contributed by atoms with E-state index in [9.17, 15) is 4.79 Å². The average molecular weight is 388 g/mol. The number of rotatable bonds is 5. The molecule has 7 nitrogen and oxygen atoms in total. The van der Waals surface area contributed by atoms with Crippen LogP contribution in [0.25, 0.3) is 0 Å². The molecule has 0 unspecified atom stereocenters. The Morgan fingerprint density at radius 2 is 2.07 bits per heavy atom. The average Bonchev–Trinajstić information content (AvgIpc) is 3.24. The highest BCUT2D eigenvalue weighted by Gasteiger charge is 2.27. The molecule has 0 saturated carbocycles. The van der Waals surface area contributed by atoms with Crippen molar-refractivity contribution in [3.63, 3.8) is 0 Å². The lowest BCUT2D eigenvalue weighted by Gasteiger charge is -2.40. The number of morpholine rings is 1. The van der Waals surface area contributed by atoms with E-state index < -0.39 is 0 Å². The van der Waals surface area contributed by atoms with Crippen LogP contribution in [-0.2, 0) is 11.3 Å². The maximum atomic E-state index is 12.3. The number of piperidine rings is 1. The van der Waals surface area contributed by atoms with E-state index in [1.807, 2.05) is 17.5 Å². The van der Waals surface area contributed by atoms with E-state index in [-0.39, 0.29) is 5.91 Å². The summed E-state index contributed by atoms with van der Waals surface area (Å²) >= 11 is 1.55. The summed E-state index contributed by atoms with van der Waals surface area (Å²) in [5.41, 5.74) is 1.47. The van der Waals surface area contributed by atoms with Crippen LogP contribution in [0.4, 0.5) is 5.13 Å². The Labute approximate surface area is 163 Å². The van der Waals surface area contributed by atoms with Gasteiger partial charge in [-0.3, -0.25) is 14.7 Å². The van der Waals surface area contributed by atoms with Crippen molar-refractivity contribution in [3.05, 3.63) is 41.2 Å². The van der Waals surface area contributed by atoms with Crippen LogP contribution in [0.15, 0.2) is 29.9 Å². The minimum atomic E-state index is -0.135. The van der Waals surface area contributed by atoms with Crippen molar-refractivity contribution in [1.82, 2.24) is 20.2 Å². The number of aromatic nitrogens is 2. The van der Waals surface area contributed by atoms with Gasteiger partial charge in [-0.15, -0.1) is 11.3 Å². The largest absolute Gasteiger partial charge is 0.379 e. The summed E-state index contributed by atoms with van der Waals surface area (Å²) in [7, 11) is 0. The molecule has 144 valence electrons. The van der Waals surface area contributed by atoms with E-state index in [0.29, 0.717) is 18.3 Å². The van der Waals surface area contributed by atoms with Crippen molar-refractivity contribution in [2.45, 2.75) is 25.4 Å². The molecule has 0 aliphatic carbocycles. The lowest BCUT2D eigenvalue weighted by atomic mass is 10.0. The molecule has 2 aliphatic rings. The van der Waals surface area contributed by atoms with Crippen molar-refractivity contribution >= 4 is 22.4 Å². The van der Waals surface area contributed by atoms with Crippen molar-refractivity contribution < 1.29 is 9.53 Å². The topological polar surface area (TPSA) is 70.6 Å². The number of thiazole rings is 1. The van der Waals surface area contributed by atoms with Crippen molar-refractivity contribution in [3.8, 4) is 0 Å². The number of ether oxygens (including phenoxy) is 1. The van der Waals surface area contributed by atoms with Gasteiger partial charge in [0, 0.05) is 56.5 Å². The highest BCUT2D eigenvalue weighted by molar-refractivity contribution is 7.13. The van der Waals surface area contributed by atoms with Crippen LogP contribution < -0.4 is 10.2 Å². The number of anilines is 1. The highest BCUT2D eigenvalue weighted by Crippen LogP contribution is 2.26. The Morgan fingerprint density at radius 1 is 1.26 bits per heavy atom. The summed E-state index contributed by atoms with van der Waals surface area (Å²) in [5, 5.41) is 5.71. The fourth-order valence-electron chi connectivity index (χ4n) is 3.65. The van der Waals surface area contributed by atoms with E-state index in [1.165, 1.54) is 0 Å². The van der Waals surface area contributed by atoms with Crippen molar-refractivity contribution in [2.75, 3.05) is 44.3 Å². The van der Waals surface area contributed by atoms with Crippen molar-refractivity contribution in [1.29, 1.82) is 0 Å². The number of hydrogen-bond donors (Lipinski definition) is 1.